The Bertz CT molecular complexity index is 1650. The summed E-state index contributed by atoms with van der Waals surface area (Å²) in [5.74, 6) is 0.0602. The van der Waals surface area contributed by atoms with Crippen LogP contribution in [0.4, 0.5) is 20.3 Å². The highest BCUT2D eigenvalue weighted by Gasteiger charge is 2.34. The quantitative estimate of drug-likeness (QED) is 0.293. The second-order valence-corrected chi connectivity index (χ2v) is 11.0. The molecule has 0 aliphatic carbocycles. The van der Waals surface area contributed by atoms with Crippen molar-refractivity contribution in [3.8, 4) is 17.0 Å². The van der Waals surface area contributed by atoms with Gasteiger partial charge >= 0.3 is 6.61 Å². The first-order valence-electron chi connectivity index (χ1n) is 14.5. The van der Waals surface area contributed by atoms with E-state index < -0.39 is 18.6 Å². The number of hydrogen-bond donors (Lipinski definition) is 3. The van der Waals surface area contributed by atoms with E-state index in [1.165, 1.54) is 12.1 Å². The first-order chi connectivity index (χ1) is 21.3. The molecule has 2 aliphatic rings. The fourth-order valence-corrected chi connectivity index (χ4v) is 5.81. The summed E-state index contributed by atoms with van der Waals surface area (Å²) in [6.45, 7) is 1.86. The Hall–Kier alpha value is -4.62. The van der Waals surface area contributed by atoms with Crippen molar-refractivity contribution in [3.05, 3.63) is 72.2 Å². The number of rotatable bonds is 7. The lowest BCUT2D eigenvalue weighted by atomic mass is 9.93. The Morgan fingerprint density at radius 2 is 1.82 bits per heavy atom. The number of anilines is 2. The number of aliphatic hydroxyl groups excluding tert-OH is 1. The van der Waals surface area contributed by atoms with Gasteiger partial charge in [-0.2, -0.15) is 8.78 Å². The molecule has 4 aromatic rings. The maximum atomic E-state index is 13.4. The highest BCUT2D eigenvalue weighted by molar-refractivity contribution is 5.96. The molecule has 0 spiro atoms. The van der Waals surface area contributed by atoms with E-state index in [-0.39, 0.29) is 17.6 Å². The molecule has 2 aliphatic heterocycles. The molecule has 6 rings (SSSR count). The number of aliphatic hydroxyl groups is 1. The highest BCUT2D eigenvalue weighted by Crippen LogP contribution is 2.28. The number of alkyl halides is 2. The van der Waals surface area contributed by atoms with Gasteiger partial charge in [-0.25, -0.2) is 9.97 Å². The van der Waals surface area contributed by atoms with E-state index in [0.29, 0.717) is 62.7 Å². The predicted molar refractivity (Wildman–Crippen MR) is 159 cm³/mol. The Balaban J connectivity index is 1.11. The van der Waals surface area contributed by atoms with Gasteiger partial charge in [-0.05, 0) is 67.9 Å². The number of carbonyl (C=O) groups is 2. The third-order valence-electron chi connectivity index (χ3n) is 8.17. The largest absolute Gasteiger partial charge is 0.435 e. The average molecular weight is 606 g/mol. The lowest BCUT2D eigenvalue weighted by Crippen LogP contribution is -2.55. The summed E-state index contributed by atoms with van der Waals surface area (Å²) in [5.41, 5.74) is 4.19. The van der Waals surface area contributed by atoms with Crippen molar-refractivity contribution in [2.75, 3.05) is 44.6 Å². The monoisotopic (exact) mass is 605 g/mol. The normalized spacial score (nSPS) is 18.9. The summed E-state index contributed by atoms with van der Waals surface area (Å²) in [4.78, 5) is 38.8. The zero-order valence-electron chi connectivity index (χ0n) is 24.1. The lowest BCUT2D eigenvalue weighted by Gasteiger charge is -2.38. The minimum atomic E-state index is -2.89. The van der Waals surface area contributed by atoms with Crippen LogP contribution in [0, 0.1) is 12.8 Å². The van der Waals surface area contributed by atoms with E-state index in [9.17, 15) is 23.5 Å². The molecule has 2 fully saturated rings. The number of halogens is 2. The number of aromatic nitrogens is 3. The van der Waals surface area contributed by atoms with Crippen LogP contribution in [0.2, 0.25) is 0 Å². The molecule has 13 heteroatoms. The number of nitrogens with zero attached hydrogens (tertiary/aromatic N) is 5. The van der Waals surface area contributed by atoms with E-state index in [2.05, 4.69) is 25.3 Å². The molecule has 2 atom stereocenters. The molecule has 2 aromatic carbocycles. The number of fused-ring (bicyclic) bond motifs is 1. The van der Waals surface area contributed by atoms with E-state index >= 15 is 0 Å². The fourth-order valence-electron chi connectivity index (χ4n) is 5.81. The van der Waals surface area contributed by atoms with E-state index in [4.69, 9.17) is 0 Å². The number of carbonyl (C=O) groups excluding carboxylic acids is 2. The van der Waals surface area contributed by atoms with Crippen molar-refractivity contribution in [3.63, 3.8) is 0 Å². The number of amides is 2. The molecular weight excluding hydrogens is 572 g/mol. The smallest absolute Gasteiger partial charge is 0.387 e. The van der Waals surface area contributed by atoms with Gasteiger partial charge in [0.15, 0.2) is 11.5 Å². The van der Waals surface area contributed by atoms with Gasteiger partial charge in [0.1, 0.15) is 5.75 Å². The van der Waals surface area contributed by atoms with Crippen LogP contribution in [0.1, 0.15) is 22.3 Å². The molecule has 0 saturated carbocycles. The van der Waals surface area contributed by atoms with Crippen LogP contribution in [-0.2, 0) is 4.79 Å². The highest BCUT2D eigenvalue weighted by atomic mass is 19.3. The summed E-state index contributed by atoms with van der Waals surface area (Å²) in [6.07, 6.45) is 5.01. The summed E-state index contributed by atoms with van der Waals surface area (Å²) in [6, 6.07) is 11.8. The molecule has 4 heterocycles. The standard InChI is InChI=1S/C31H33F2N7O4/c1-19-16-21(4-7-23(19)29(42)38-12-14-39(15-13-38)30(43)24-8-9-34-18-26(24)41)37-27-28-36-17-25(40(28)11-10-35-27)20-2-5-22(6-3-20)44-31(32)33/h2-7,10-11,16-17,24,26,31,34,41H,8-9,12-15,18H2,1H3,(H,35,37)/t24-,26+/m1/s1. The van der Waals surface area contributed by atoms with Crippen molar-refractivity contribution < 1.29 is 28.2 Å². The third-order valence-corrected chi connectivity index (χ3v) is 8.17. The predicted octanol–water partition coefficient (Wildman–Crippen LogP) is 3.30. The van der Waals surface area contributed by atoms with Crippen molar-refractivity contribution in [1.82, 2.24) is 29.5 Å². The fraction of sp³-hybridized carbons (Fsp3) is 0.355. The first kappa shape index (κ1) is 29.5. The van der Waals surface area contributed by atoms with E-state index in [0.717, 1.165) is 22.5 Å². The molecule has 44 heavy (non-hydrogen) atoms. The van der Waals surface area contributed by atoms with Crippen LogP contribution in [-0.4, -0.2) is 93.1 Å². The summed E-state index contributed by atoms with van der Waals surface area (Å²) < 4.78 is 31.3. The van der Waals surface area contributed by atoms with Gasteiger partial charge in [-0.1, -0.05) is 0 Å². The maximum Gasteiger partial charge on any atom is 0.387 e. The molecular formula is C31H33F2N7O4. The molecule has 11 nitrogen and oxygen atoms in total. The Labute approximate surface area is 252 Å². The van der Waals surface area contributed by atoms with Gasteiger partial charge in [0.25, 0.3) is 5.91 Å². The van der Waals surface area contributed by atoms with Crippen LogP contribution >= 0.6 is 0 Å². The molecule has 2 saturated heterocycles. The second-order valence-electron chi connectivity index (χ2n) is 11.0. The molecule has 2 amide bonds. The maximum absolute atomic E-state index is 13.4. The number of nitrogens with one attached hydrogen (secondary N) is 2. The van der Waals surface area contributed by atoms with Gasteiger partial charge in [0.05, 0.1) is 23.9 Å². The number of piperazine rings is 1. The van der Waals surface area contributed by atoms with Gasteiger partial charge in [-0.15, -0.1) is 0 Å². The lowest BCUT2D eigenvalue weighted by molar-refractivity contribution is -0.141. The van der Waals surface area contributed by atoms with Gasteiger partial charge in [0, 0.05) is 61.9 Å². The van der Waals surface area contributed by atoms with Gasteiger partial charge < -0.3 is 30.3 Å². The van der Waals surface area contributed by atoms with E-state index in [1.54, 1.807) is 46.6 Å². The van der Waals surface area contributed by atoms with Crippen LogP contribution in [0.3, 0.4) is 0 Å². The SMILES string of the molecule is Cc1cc(Nc2nccn3c(-c4ccc(OC(F)F)cc4)cnc23)ccc1C(=O)N1CCN(C(=O)[C@@H]2CCNC[C@@H]2O)CC1. The van der Waals surface area contributed by atoms with Crippen molar-refractivity contribution in [2.45, 2.75) is 26.1 Å². The number of hydrogen-bond acceptors (Lipinski definition) is 8. The molecule has 230 valence electrons. The molecule has 0 radical (unpaired) electrons. The second kappa shape index (κ2) is 12.5. The van der Waals surface area contributed by atoms with Gasteiger partial charge in [0.2, 0.25) is 5.91 Å². The third kappa shape index (κ3) is 6.06. The number of benzene rings is 2. The average Bonchev–Trinajstić information content (AvgIpc) is 3.46. The number of β-amino-alcohol motifs (C(OH)–C–C–N with tert-alkyl or cyclic N) is 1. The molecule has 0 unspecified atom stereocenters. The number of ether oxygens (including phenoxy) is 1. The molecule has 2 aromatic heterocycles. The zero-order valence-corrected chi connectivity index (χ0v) is 24.1. The summed E-state index contributed by atoms with van der Waals surface area (Å²) in [7, 11) is 0. The minimum Gasteiger partial charge on any atom is -0.435 e. The zero-order chi connectivity index (χ0) is 30.8. The Kier molecular flexibility index (Phi) is 8.40. The summed E-state index contributed by atoms with van der Waals surface area (Å²) in [5, 5.41) is 16.6. The first-order valence-corrected chi connectivity index (χ1v) is 14.5. The van der Waals surface area contributed by atoms with E-state index in [1.807, 2.05) is 23.5 Å². The van der Waals surface area contributed by atoms with Crippen LogP contribution in [0.15, 0.2) is 61.1 Å². The number of aryl methyl sites for hydroxylation is 1. The van der Waals surface area contributed by atoms with Crippen molar-refractivity contribution >= 4 is 29.0 Å². The van der Waals surface area contributed by atoms with Crippen LogP contribution < -0.4 is 15.4 Å². The minimum absolute atomic E-state index is 0.0386. The number of piperidine rings is 1. The molecule has 3 N–H and O–H groups in total. The van der Waals surface area contributed by atoms with Crippen LogP contribution in [0.5, 0.6) is 5.75 Å². The van der Waals surface area contributed by atoms with Gasteiger partial charge in [-0.3, -0.25) is 14.0 Å². The topological polar surface area (TPSA) is 124 Å². The van der Waals surface area contributed by atoms with Crippen molar-refractivity contribution in [1.29, 1.82) is 0 Å². The Morgan fingerprint density at radius 1 is 1.07 bits per heavy atom. The molecule has 0 bridgehead atoms. The van der Waals surface area contributed by atoms with Crippen molar-refractivity contribution in [2.24, 2.45) is 5.92 Å². The van der Waals surface area contributed by atoms with Crippen LogP contribution in [0.25, 0.3) is 16.9 Å². The number of imidazole rings is 1. The Morgan fingerprint density at radius 3 is 2.52 bits per heavy atom. The summed E-state index contributed by atoms with van der Waals surface area (Å²) >= 11 is 0.